The van der Waals surface area contributed by atoms with Gasteiger partial charge in [0.2, 0.25) is 0 Å². The number of para-hydroxylation sites is 1. The standard InChI is InChI=1S/C14H8N6/c15-6-11(7-16)9-18-14-12(8-17)10-20(19-14)13-4-2-1-3-5-13/h1-5,9-11H. The molecule has 0 radical (unpaired) electrons. The fraction of sp³-hybridized carbons (Fsp3) is 0.0714. The van der Waals surface area contributed by atoms with Crippen molar-refractivity contribution in [3.8, 4) is 23.9 Å². The normalized spacial score (nSPS) is 10.1. The molecule has 0 saturated carbocycles. The van der Waals surface area contributed by atoms with Gasteiger partial charge >= 0.3 is 0 Å². The maximum atomic E-state index is 9.05. The Labute approximate surface area is 115 Å². The second-order valence-corrected chi connectivity index (χ2v) is 3.77. The van der Waals surface area contributed by atoms with E-state index in [9.17, 15) is 0 Å². The Morgan fingerprint density at radius 2 is 1.85 bits per heavy atom. The van der Waals surface area contributed by atoms with Gasteiger partial charge < -0.3 is 0 Å². The van der Waals surface area contributed by atoms with Gasteiger partial charge in [0.05, 0.1) is 24.0 Å². The van der Waals surface area contributed by atoms with Gasteiger partial charge in [-0.25, -0.2) is 9.67 Å². The van der Waals surface area contributed by atoms with Crippen LogP contribution in [0.4, 0.5) is 5.82 Å². The molecule has 2 rings (SSSR count). The van der Waals surface area contributed by atoms with E-state index in [0.29, 0.717) is 0 Å². The van der Waals surface area contributed by atoms with Gasteiger partial charge in [-0.2, -0.15) is 15.8 Å². The second kappa shape index (κ2) is 5.95. The van der Waals surface area contributed by atoms with Crippen molar-refractivity contribution in [2.24, 2.45) is 10.9 Å². The highest BCUT2D eigenvalue weighted by atomic mass is 15.3. The quantitative estimate of drug-likeness (QED) is 0.788. The molecule has 0 unspecified atom stereocenters. The van der Waals surface area contributed by atoms with Crippen LogP contribution in [0, 0.1) is 39.9 Å². The van der Waals surface area contributed by atoms with Crippen molar-refractivity contribution >= 4 is 12.0 Å². The van der Waals surface area contributed by atoms with Crippen LogP contribution in [0.3, 0.4) is 0 Å². The summed E-state index contributed by atoms with van der Waals surface area (Å²) < 4.78 is 1.53. The van der Waals surface area contributed by atoms with Gasteiger partial charge in [0, 0.05) is 6.21 Å². The first-order valence-electron chi connectivity index (χ1n) is 5.67. The molecule has 0 amide bonds. The highest BCUT2D eigenvalue weighted by Gasteiger charge is 2.09. The van der Waals surface area contributed by atoms with Crippen LogP contribution in [0.1, 0.15) is 5.56 Å². The largest absolute Gasteiger partial charge is 0.237 e. The van der Waals surface area contributed by atoms with Gasteiger partial charge in [0.15, 0.2) is 11.7 Å². The van der Waals surface area contributed by atoms with Crippen LogP contribution >= 0.6 is 0 Å². The molecule has 0 N–H and O–H groups in total. The molecule has 0 aliphatic heterocycles. The first-order valence-corrected chi connectivity index (χ1v) is 5.67. The lowest BCUT2D eigenvalue weighted by Crippen LogP contribution is -1.94. The van der Waals surface area contributed by atoms with Crippen LogP contribution in [0.15, 0.2) is 41.5 Å². The molecule has 0 aliphatic carbocycles. The van der Waals surface area contributed by atoms with E-state index in [1.807, 2.05) is 36.4 Å². The first kappa shape index (κ1) is 13.0. The van der Waals surface area contributed by atoms with E-state index in [2.05, 4.69) is 10.1 Å². The molecule has 6 nitrogen and oxygen atoms in total. The molecular weight excluding hydrogens is 252 g/mol. The van der Waals surface area contributed by atoms with Crippen LogP contribution in [0.5, 0.6) is 0 Å². The van der Waals surface area contributed by atoms with Gasteiger partial charge in [0.25, 0.3) is 0 Å². The molecule has 2 aromatic rings. The van der Waals surface area contributed by atoms with Crippen LogP contribution < -0.4 is 0 Å². The Kier molecular flexibility index (Phi) is 3.87. The molecule has 0 saturated heterocycles. The number of benzene rings is 1. The van der Waals surface area contributed by atoms with E-state index in [1.165, 1.54) is 10.9 Å². The number of hydrogen-bond donors (Lipinski definition) is 0. The lowest BCUT2D eigenvalue weighted by atomic mass is 10.2. The van der Waals surface area contributed by atoms with Crippen molar-refractivity contribution in [1.82, 2.24) is 9.78 Å². The smallest absolute Gasteiger partial charge is 0.191 e. The zero-order valence-electron chi connectivity index (χ0n) is 10.3. The number of rotatable bonds is 3. The van der Waals surface area contributed by atoms with Gasteiger partial charge in [-0.15, -0.1) is 5.10 Å². The van der Waals surface area contributed by atoms with Gasteiger partial charge in [-0.3, -0.25) is 0 Å². The van der Waals surface area contributed by atoms with E-state index in [0.717, 1.165) is 5.69 Å². The van der Waals surface area contributed by atoms with E-state index < -0.39 is 5.92 Å². The zero-order valence-corrected chi connectivity index (χ0v) is 10.3. The van der Waals surface area contributed by atoms with Crippen LogP contribution in [0.25, 0.3) is 5.69 Å². The Balaban J connectivity index is 2.37. The average molecular weight is 260 g/mol. The van der Waals surface area contributed by atoms with Gasteiger partial charge in [-0.1, -0.05) is 18.2 Å². The molecule has 0 atom stereocenters. The SMILES string of the molecule is N#Cc1cn(-c2ccccc2)nc1N=CC(C#N)C#N. The highest BCUT2D eigenvalue weighted by Crippen LogP contribution is 2.18. The minimum atomic E-state index is -0.955. The van der Waals surface area contributed by atoms with Crippen molar-refractivity contribution < 1.29 is 0 Å². The number of aromatic nitrogens is 2. The summed E-state index contributed by atoms with van der Waals surface area (Å²) in [6.07, 6.45) is 2.73. The predicted molar refractivity (Wildman–Crippen MR) is 71.1 cm³/mol. The molecule has 1 aromatic heterocycles. The van der Waals surface area contributed by atoms with Crippen molar-refractivity contribution in [2.75, 3.05) is 0 Å². The number of hydrogen-bond acceptors (Lipinski definition) is 5. The maximum Gasteiger partial charge on any atom is 0.191 e. The Hall–Kier alpha value is -3.43. The van der Waals surface area contributed by atoms with E-state index in [-0.39, 0.29) is 11.4 Å². The highest BCUT2D eigenvalue weighted by molar-refractivity contribution is 5.71. The lowest BCUT2D eigenvalue weighted by molar-refractivity contribution is 0.880. The fourth-order valence-electron chi connectivity index (χ4n) is 1.49. The number of nitrogens with zero attached hydrogens (tertiary/aromatic N) is 6. The van der Waals surface area contributed by atoms with Crippen LogP contribution in [-0.4, -0.2) is 16.0 Å². The molecule has 0 aliphatic rings. The van der Waals surface area contributed by atoms with Crippen molar-refractivity contribution in [3.63, 3.8) is 0 Å². The summed E-state index contributed by atoms with van der Waals surface area (Å²) in [5.74, 6) is -0.768. The van der Waals surface area contributed by atoms with Crippen molar-refractivity contribution in [3.05, 3.63) is 42.1 Å². The molecule has 6 heteroatoms. The summed E-state index contributed by atoms with van der Waals surface area (Å²) in [5, 5.41) is 30.5. The number of aliphatic imine (C=N–C) groups is 1. The Bertz CT molecular complexity index is 738. The van der Waals surface area contributed by atoms with Gasteiger partial charge in [0.1, 0.15) is 11.6 Å². The van der Waals surface area contributed by atoms with Crippen molar-refractivity contribution in [1.29, 1.82) is 15.8 Å². The molecule has 0 fully saturated rings. The molecule has 1 aromatic carbocycles. The lowest BCUT2D eigenvalue weighted by Gasteiger charge is -1.98. The summed E-state index contributed by atoms with van der Waals surface area (Å²) in [4.78, 5) is 3.94. The Morgan fingerprint density at radius 3 is 2.45 bits per heavy atom. The molecule has 1 heterocycles. The van der Waals surface area contributed by atoms with E-state index >= 15 is 0 Å². The topological polar surface area (TPSA) is 102 Å². The third-order valence-electron chi connectivity index (χ3n) is 2.46. The Morgan fingerprint density at radius 1 is 1.15 bits per heavy atom. The molecule has 0 spiro atoms. The molecule has 20 heavy (non-hydrogen) atoms. The molecular formula is C14H8N6. The van der Waals surface area contributed by atoms with E-state index in [4.69, 9.17) is 15.8 Å². The van der Waals surface area contributed by atoms with Crippen LogP contribution in [0.2, 0.25) is 0 Å². The summed E-state index contributed by atoms with van der Waals surface area (Å²) in [6.45, 7) is 0. The number of nitriles is 3. The minimum absolute atomic E-state index is 0.187. The second-order valence-electron chi connectivity index (χ2n) is 3.77. The molecule has 0 bridgehead atoms. The summed E-state index contributed by atoms with van der Waals surface area (Å²) in [5.41, 5.74) is 1.07. The van der Waals surface area contributed by atoms with Crippen molar-refractivity contribution in [2.45, 2.75) is 0 Å². The molecule has 94 valence electrons. The fourth-order valence-corrected chi connectivity index (χ4v) is 1.49. The third kappa shape index (κ3) is 2.69. The van der Waals surface area contributed by atoms with Crippen LogP contribution in [-0.2, 0) is 0 Å². The maximum absolute atomic E-state index is 9.05. The summed E-state index contributed by atoms with van der Waals surface area (Å²) in [6, 6.07) is 14.8. The summed E-state index contributed by atoms with van der Waals surface area (Å²) in [7, 11) is 0. The zero-order chi connectivity index (χ0) is 14.4. The van der Waals surface area contributed by atoms with Gasteiger partial charge in [-0.05, 0) is 12.1 Å². The summed E-state index contributed by atoms with van der Waals surface area (Å²) >= 11 is 0. The third-order valence-corrected chi connectivity index (χ3v) is 2.46. The average Bonchev–Trinajstić information content (AvgIpc) is 2.92. The minimum Gasteiger partial charge on any atom is -0.237 e. The first-order chi connectivity index (χ1) is 9.78. The van der Waals surface area contributed by atoms with E-state index in [1.54, 1.807) is 18.3 Å². The monoisotopic (exact) mass is 260 g/mol. The predicted octanol–water partition coefficient (Wildman–Crippen LogP) is 2.11.